The Morgan fingerprint density at radius 1 is 1.26 bits per heavy atom. The number of nitrogens with zero attached hydrogens (tertiary/aromatic N) is 2. The van der Waals surface area contributed by atoms with Crippen LogP contribution in [0, 0.1) is 5.82 Å². The summed E-state index contributed by atoms with van der Waals surface area (Å²) in [5.41, 5.74) is 1.56. The number of anilines is 1. The van der Waals surface area contributed by atoms with Gasteiger partial charge in [0.15, 0.2) is 0 Å². The maximum atomic E-state index is 13.3. The zero-order valence-corrected chi connectivity index (χ0v) is 10.7. The molecule has 1 aromatic carbocycles. The molecule has 0 radical (unpaired) electrons. The van der Waals surface area contributed by atoms with Crippen molar-refractivity contribution in [3.63, 3.8) is 0 Å². The van der Waals surface area contributed by atoms with Crippen LogP contribution in [-0.2, 0) is 0 Å². The summed E-state index contributed by atoms with van der Waals surface area (Å²) >= 11 is 0. The van der Waals surface area contributed by atoms with E-state index in [4.69, 9.17) is 5.11 Å². The van der Waals surface area contributed by atoms with Crippen molar-refractivity contribution >= 4 is 5.69 Å². The molecule has 0 amide bonds. The molecule has 2 rings (SSSR count). The van der Waals surface area contributed by atoms with Gasteiger partial charge in [0.25, 0.3) is 0 Å². The summed E-state index contributed by atoms with van der Waals surface area (Å²) < 4.78 is 15.0. The normalized spacial score (nSPS) is 10.6. The lowest BCUT2D eigenvalue weighted by atomic mass is 10.2. The molecule has 19 heavy (non-hydrogen) atoms. The molecule has 1 aromatic heterocycles. The number of rotatable bonds is 7. The van der Waals surface area contributed by atoms with Crippen molar-refractivity contribution in [3.8, 4) is 5.69 Å². The Hall–Kier alpha value is -1.88. The molecule has 0 saturated heterocycles. The Kier molecular flexibility index (Phi) is 4.92. The maximum absolute atomic E-state index is 13.3. The van der Waals surface area contributed by atoms with Gasteiger partial charge in [-0.15, -0.1) is 0 Å². The molecule has 2 aromatic rings. The van der Waals surface area contributed by atoms with E-state index < -0.39 is 0 Å². The van der Waals surface area contributed by atoms with Crippen LogP contribution in [0.15, 0.2) is 36.7 Å². The molecule has 0 fully saturated rings. The molecule has 0 atom stereocenters. The molecule has 0 unspecified atom stereocenters. The van der Waals surface area contributed by atoms with Crippen molar-refractivity contribution in [2.45, 2.75) is 19.3 Å². The summed E-state index contributed by atoms with van der Waals surface area (Å²) in [6, 6.07) is 6.43. The second kappa shape index (κ2) is 6.89. The molecule has 0 aliphatic heterocycles. The van der Waals surface area contributed by atoms with E-state index in [1.165, 1.54) is 12.1 Å². The molecule has 0 bridgehead atoms. The third kappa shape index (κ3) is 3.79. The van der Waals surface area contributed by atoms with Gasteiger partial charge in [0, 0.05) is 25.5 Å². The fourth-order valence-corrected chi connectivity index (χ4v) is 1.90. The highest BCUT2D eigenvalue weighted by Gasteiger charge is 2.06. The average Bonchev–Trinajstić information content (AvgIpc) is 2.92. The second-order valence-corrected chi connectivity index (χ2v) is 4.32. The second-order valence-electron chi connectivity index (χ2n) is 4.32. The Balaban J connectivity index is 2.04. The maximum Gasteiger partial charge on any atom is 0.125 e. The number of aromatic nitrogens is 2. The summed E-state index contributed by atoms with van der Waals surface area (Å²) in [6.07, 6.45) is 6.21. The largest absolute Gasteiger partial charge is 0.396 e. The Morgan fingerprint density at radius 2 is 2.16 bits per heavy atom. The van der Waals surface area contributed by atoms with E-state index in [9.17, 15) is 4.39 Å². The first-order chi connectivity index (χ1) is 9.31. The lowest BCUT2D eigenvalue weighted by Gasteiger charge is -2.12. The molecular formula is C14H18FN3O. The van der Waals surface area contributed by atoms with Crippen LogP contribution in [0.5, 0.6) is 0 Å². The Bertz CT molecular complexity index is 499. The summed E-state index contributed by atoms with van der Waals surface area (Å²) in [5, 5.41) is 16.1. The zero-order chi connectivity index (χ0) is 13.5. The predicted octanol–water partition coefficient (Wildman–Crippen LogP) is 2.59. The van der Waals surface area contributed by atoms with E-state index in [0.29, 0.717) is 0 Å². The molecule has 102 valence electrons. The molecule has 4 nitrogen and oxygen atoms in total. The van der Waals surface area contributed by atoms with Gasteiger partial charge in [-0.2, -0.15) is 5.10 Å². The minimum absolute atomic E-state index is 0.221. The van der Waals surface area contributed by atoms with Gasteiger partial charge < -0.3 is 10.4 Å². The number of hydrogen-bond donors (Lipinski definition) is 2. The van der Waals surface area contributed by atoms with Crippen molar-refractivity contribution < 1.29 is 9.50 Å². The minimum atomic E-state index is -0.270. The Morgan fingerprint density at radius 3 is 2.89 bits per heavy atom. The minimum Gasteiger partial charge on any atom is -0.396 e. The van der Waals surface area contributed by atoms with Crippen molar-refractivity contribution in [1.82, 2.24) is 9.78 Å². The number of aliphatic hydroxyl groups excluding tert-OH is 1. The zero-order valence-electron chi connectivity index (χ0n) is 10.7. The molecule has 0 aliphatic carbocycles. The highest BCUT2D eigenvalue weighted by Crippen LogP contribution is 2.21. The van der Waals surface area contributed by atoms with E-state index in [1.54, 1.807) is 16.9 Å². The number of unbranched alkanes of at least 4 members (excludes halogenated alkanes) is 2. The highest BCUT2D eigenvalue weighted by atomic mass is 19.1. The van der Waals surface area contributed by atoms with Gasteiger partial charge >= 0.3 is 0 Å². The first-order valence-electron chi connectivity index (χ1n) is 6.45. The highest BCUT2D eigenvalue weighted by molar-refractivity contribution is 5.60. The Labute approximate surface area is 111 Å². The van der Waals surface area contributed by atoms with Gasteiger partial charge in [0.05, 0.1) is 11.4 Å². The van der Waals surface area contributed by atoms with Crippen molar-refractivity contribution in [1.29, 1.82) is 0 Å². The third-order valence-corrected chi connectivity index (χ3v) is 2.86. The molecule has 0 aliphatic rings. The van der Waals surface area contributed by atoms with E-state index in [-0.39, 0.29) is 12.4 Å². The van der Waals surface area contributed by atoms with Crippen LogP contribution in [0.3, 0.4) is 0 Å². The van der Waals surface area contributed by atoms with Crippen LogP contribution >= 0.6 is 0 Å². The van der Waals surface area contributed by atoms with Gasteiger partial charge in [-0.1, -0.05) is 0 Å². The summed E-state index contributed by atoms with van der Waals surface area (Å²) in [5.74, 6) is -0.270. The monoisotopic (exact) mass is 263 g/mol. The predicted molar refractivity (Wildman–Crippen MR) is 72.9 cm³/mol. The van der Waals surface area contributed by atoms with Crippen molar-refractivity contribution in [2.24, 2.45) is 0 Å². The molecular weight excluding hydrogens is 245 g/mol. The summed E-state index contributed by atoms with van der Waals surface area (Å²) in [7, 11) is 0. The molecule has 5 heteroatoms. The lowest BCUT2D eigenvalue weighted by Crippen LogP contribution is -2.07. The first kappa shape index (κ1) is 13.5. The number of hydrogen-bond acceptors (Lipinski definition) is 3. The van der Waals surface area contributed by atoms with Crippen LogP contribution in [0.4, 0.5) is 10.1 Å². The van der Waals surface area contributed by atoms with E-state index in [2.05, 4.69) is 10.4 Å². The lowest BCUT2D eigenvalue weighted by molar-refractivity contribution is 0.283. The van der Waals surface area contributed by atoms with Gasteiger partial charge in [-0.05, 0) is 43.5 Å². The fraction of sp³-hybridized carbons (Fsp3) is 0.357. The SMILES string of the molecule is OCCCCCNc1cc(F)ccc1-n1cccn1. The molecule has 0 saturated carbocycles. The molecule has 0 spiro atoms. The van der Waals surface area contributed by atoms with Gasteiger partial charge in [-0.25, -0.2) is 9.07 Å². The smallest absolute Gasteiger partial charge is 0.125 e. The molecule has 2 N–H and O–H groups in total. The molecule has 1 heterocycles. The summed E-state index contributed by atoms with van der Waals surface area (Å²) in [6.45, 7) is 0.968. The van der Waals surface area contributed by atoms with Crippen LogP contribution in [-0.4, -0.2) is 28.0 Å². The van der Waals surface area contributed by atoms with Crippen molar-refractivity contribution in [3.05, 3.63) is 42.5 Å². The fourth-order valence-electron chi connectivity index (χ4n) is 1.90. The third-order valence-electron chi connectivity index (χ3n) is 2.86. The topological polar surface area (TPSA) is 50.1 Å². The van der Waals surface area contributed by atoms with Crippen LogP contribution < -0.4 is 5.32 Å². The van der Waals surface area contributed by atoms with Crippen LogP contribution in [0.2, 0.25) is 0 Å². The van der Waals surface area contributed by atoms with E-state index >= 15 is 0 Å². The first-order valence-corrected chi connectivity index (χ1v) is 6.45. The average molecular weight is 263 g/mol. The standard InChI is InChI=1S/C14H18FN3O/c15-12-5-6-14(18-9-4-8-17-18)13(11-12)16-7-2-1-3-10-19/h4-6,8-9,11,16,19H,1-3,7,10H2. The van der Waals surface area contributed by atoms with Gasteiger partial charge in [0.1, 0.15) is 5.82 Å². The van der Waals surface area contributed by atoms with Crippen molar-refractivity contribution in [2.75, 3.05) is 18.5 Å². The quantitative estimate of drug-likeness (QED) is 0.755. The number of aliphatic hydroxyl groups is 1. The van der Waals surface area contributed by atoms with Crippen LogP contribution in [0.25, 0.3) is 5.69 Å². The number of benzene rings is 1. The number of nitrogens with one attached hydrogen (secondary N) is 1. The number of halogens is 1. The van der Waals surface area contributed by atoms with Crippen LogP contribution in [0.1, 0.15) is 19.3 Å². The van der Waals surface area contributed by atoms with E-state index in [1.807, 2.05) is 12.3 Å². The van der Waals surface area contributed by atoms with Gasteiger partial charge in [0.2, 0.25) is 0 Å². The summed E-state index contributed by atoms with van der Waals surface area (Å²) in [4.78, 5) is 0. The van der Waals surface area contributed by atoms with Gasteiger partial charge in [-0.3, -0.25) is 0 Å². The van der Waals surface area contributed by atoms with E-state index in [0.717, 1.165) is 37.2 Å².